The fourth-order valence-corrected chi connectivity index (χ4v) is 9.27. The molecule has 6 heterocycles. The van der Waals surface area contributed by atoms with E-state index in [2.05, 4.69) is 138 Å². The summed E-state index contributed by atoms with van der Waals surface area (Å²) >= 11 is 0. The van der Waals surface area contributed by atoms with Gasteiger partial charge in [-0.05, 0) is 58.5 Å². The Morgan fingerprint density at radius 1 is 0.587 bits per heavy atom. The Hall–Kier alpha value is -5.68. The summed E-state index contributed by atoms with van der Waals surface area (Å²) in [6.45, 7) is 4.68. The Morgan fingerprint density at radius 2 is 1.28 bits per heavy atom. The van der Waals surface area contributed by atoms with Crippen LogP contribution in [0.5, 0.6) is 0 Å². The molecule has 0 spiro atoms. The van der Waals surface area contributed by atoms with Gasteiger partial charge in [-0.15, -0.1) is 0 Å². The molecule has 9 aromatic rings. The highest BCUT2D eigenvalue weighted by Crippen LogP contribution is 2.55. The Labute approximate surface area is 264 Å². The molecule has 0 aliphatic carbocycles. The monoisotopic (exact) mass is 588 g/mol. The maximum Gasteiger partial charge on any atom is 0.333 e. The number of hydrogen-bond acceptors (Lipinski definition) is 3. The molecule has 4 nitrogen and oxygen atoms in total. The summed E-state index contributed by atoms with van der Waals surface area (Å²) in [5.74, 6) is 0. The topological polar surface area (TPSA) is 34.5 Å². The van der Waals surface area contributed by atoms with Crippen molar-refractivity contribution in [2.24, 2.45) is 0 Å². The molecule has 0 fully saturated rings. The lowest BCUT2D eigenvalue weighted by Crippen LogP contribution is -2.58. The number of aromatic nitrogens is 1. The van der Waals surface area contributed by atoms with Gasteiger partial charge >= 0.3 is 6.85 Å². The van der Waals surface area contributed by atoms with Crippen LogP contribution in [-0.4, -0.2) is 11.3 Å². The summed E-state index contributed by atoms with van der Waals surface area (Å²) in [5, 5.41) is 4.58. The third kappa shape index (κ3) is 2.46. The zero-order valence-corrected chi connectivity index (χ0v) is 25.3. The van der Waals surface area contributed by atoms with Crippen molar-refractivity contribution in [2.75, 3.05) is 4.90 Å². The lowest BCUT2D eigenvalue weighted by molar-refractivity contribution is 0.632. The third-order valence-corrected chi connectivity index (χ3v) is 11.1. The standard InChI is InChI=1S/C41H25BN2O2/c1-41(2)27-15-5-6-18-30(27)43-31-21-26-22-11-3-7-19-32(22)45-39(26)34-24-13-9-14-25-36(24)44(37-23-12-4-8-20-33(23)46-40(25)37)42(35(31)34)29-17-10-16-28(41)38(29)43/h3-21H,1-2H3. The normalized spacial score (nSPS) is 15.3. The second-order valence-electron chi connectivity index (χ2n) is 13.6. The molecule has 3 aromatic heterocycles. The van der Waals surface area contributed by atoms with Crippen molar-refractivity contribution in [3.8, 4) is 11.1 Å². The van der Waals surface area contributed by atoms with E-state index in [-0.39, 0.29) is 12.3 Å². The van der Waals surface area contributed by atoms with Gasteiger partial charge in [0.05, 0.1) is 11.2 Å². The van der Waals surface area contributed by atoms with Crippen LogP contribution in [-0.2, 0) is 5.41 Å². The molecule has 12 rings (SSSR count). The van der Waals surface area contributed by atoms with Crippen molar-refractivity contribution in [3.63, 3.8) is 0 Å². The van der Waals surface area contributed by atoms with Gasteiger partial charge in [-0.1, -0.05) is 92.7 Å². The van der Waals surface area contributed by atoms with Gasteiger partial charge in [0.15, 0.2) is 5.58 Å². The van der Waals surface area contributed by atoms with Crippen LogP contribution < -0.4 is 15.8 Å². The highest BCUT2D eigenvalue weighted by molar-refractivity contribution is 6.90. The largest absolute Gasteiger partial charge is 0.455 e. The van der Waals surface area contributed by atoms with Gasteiger partial charge in [0, 0.05) is 55.0 Å². The van der Waals surface area contributed by atoms with E-state index in [1.807, 2.05) is 0 Å². The highest BCUT2D eigenvalue weighted by Gasteiger charge is 2.49. The van der Waals surface area contributed by atoms with Gasteiger partial charge < -0.3 is 18.2 Å². The Kier molecular flexibility index (Phi) is 3.90. The first-order valence-electron chi connectivity index (χ1n) is 16.1. The van der Waals surface area contributed by atoms with E-state index >= 15 is 0 Å². The molecule has 0 atom stereocenters. The van der Waals surface area contributed by atoms with Gasteiger partial charge in [0.2, 0.25) is 0 Å². The van der Waals surface area contributed by atoms with Gasteiger partial charge in [-0.2, -0.15) is 0 Å². The van der Waals surface area contributed by atoms with Gasteiger partial charge in [0.1, 0.15) is 16.7 Å². The molecule has 3 aliphatic heterocycles. The van der Waals surface area contributed by atoms with E-state index < -0.39 is 0 Å². The number of nitrogens with zero attached hydrogens (tertiary/aromatic N) is 2. The van der Waals surface area contributed by atoms with E-state index in [1.165, 1.54) is 55.8 Å². The van der Waals surface area contributed by atoms with Crippen molar-refractivity contribution in [1.82, 2.24) is 4.48 Å². The predicted molar refractivity (Wildman–Crippen MR) is 189 cm³/mol. The van der Waals surface area contributed by atoms with Crippen LogP contribution in [0.4, 0.5) is 17.1 Å². The lowest BCUT2D eigenvalue weighted by atomic mass is 9.44. The first kappa shape index (κ1) is 23.7. The molecule has 5 heteroatoms. The Bertz CT molecular complexity index is 2870. The van der Waals surface area contributed by atoms with E-state index in [9.17, 15) is 0 Å². The predicted octanol–water partition coefficient (Wildman–Crippen LogP) is 9.50. The number of rotatable bonds is 0. The molecule has 46 heavy (non-hydrogen) atoms. The summed E-state index contributed by atoms with van der Waals surface area (Å²) in [6, 6.07) is 41.9. The molecular formula is C41H25BN2O2. The minimum Gasteiger partial charge on any atom is -0.455 e. The van der Waals surface area contributed by atoms with E-state index in [1.54, 1.807) is 0 Å². The zero-order valence-electron chi connectivity index (χ0n) is 25.3. The maximum absolute atomic E-state index is 6.84. The average Bonchev–Trinajstić information content (AvgIpc) is 3.75. The first-order valence-corrected chi connectivity index (χ1v) is 16.1. The van der Waals surface area contributed by atoms with Gasteiger partial charge in [-0.3, -0.25) is 0 Å². The second-order valence-corrected chi connectivity index (χ2v) is 13.6. The van der Waals surface area contributed by atoms with E-state index in [0.717, 1.165) is 49.4 Å². The SMILES string of the molecule is CC1(C)c2ccccc2N2c3cc4c(oc5ccccc54)c4c3B(c3cccc1c32)n1c2c-4cccc2c2oc3ccccc3c21. The van der Waals surface area contributed by atoms with E-state index in [4.69, 9.17) is 8.83 Å². The van der Waals surface area contributed by atoms with Gasteiger partial charge in [-0.25, -0.2) is 0 Å². The van der Waals surface area contributed by atoms with Crippen LogP contribution in [0.1, 0.15) is 25.0 Å². The fourth-order valence-electron chi connectivity index (χ4n) is 9.27. The lowest BCUT2D eigenvalue weighted by Gasteiger charge is -2.48. The molecule has 0 saturated carbocycles. The van der Waals surface area contributed by atoms with Crippen LogP contribution in [0, 0.1) is 0 Å². The first-order chi connectivity index (χ1) is 22.6. The van der Waals surface area contributed by atoms with Crippen LogP contribution in [0.2, 0.25) is 0 Å². The average molecular weight is 588 g/mol. The van der Waals surface area contributed by atoms with Gasteiger partial charge in [0.25, 0.3) is 0 Å². The number of hydrogen-bond donors (Lipinski definition) is 0. The smallest absolute Gasteiger partial charge is 0.333 e. The second kappa shape index (κ2) is 7.57. The van der Waals surface area contributed by atoms with Crippen LogP contribution in [0.25, 0.3) is 66.0 Å². The third-order valence-electron chi connectivity index (χ3n) is 11.1. The molecule has 0 unspecified atom stereocenters. The number of anilines is 3. The maximum atomic E-state index is 6.84. The molecule has 0 N–H and O–H groups in total. The Balaban J connectivity index is 1.37. The van der Waals surface area contributed by atoms with Crippen molar-refractivity contribution in [2.45, 2.75) is 19.3 Å². The fraction of sp³-hybridized carbons (Fsp3) is 0.0732. The van der Waals surface area contributed by atoms with Crippen LogP contribution in [0.15, 0.2) is 124 Å². The number of para-hydroxylation sites is 5. The van der Waals surface area contributed by atoms with Crippen LogP contribution >= 0.6 is 0 Å². The Morgan fingerprint density at radius 3 is 2.17 bits per heavy atom. The highest BCUT2D eigenvalue weighted by atomic mass is 16.3. The van der Waals surface area contributed by atoms with E-state index in [0.29, 0.717) is 0 Å². The number of benzene rings is 6. The van der Waals surface area contributed by atoms with Crippen molar-refractivity contribution >= 4 is 89.7 Å². The summed E-state index contributed by atoms with van der Waals surface area (Å²) < 4.78 is 16.1. The van der Waals surface area contributed by atoms with Crippen molar-refractivity contribution in [1.29, 1.82) is 0 Å². The summed E-state index contributed by atoms with van der Waals surface area (Å²) in [7, 11) is 0. The minimum absolute atomic E-state index is 0.0641. The molecule has 0 bridgehead atoms. The molecular weight excluding hydrogens is 563 g/mol. The molecule has 0 radical (unpaired) electrons. The number of furan rings is 2. The quantitative estimate of drug-likeness (QED) is 0.166. The molecule has 0 amide bonds. The molecule has 214 valence electrons. The molecule has 0 saturated heterocycles. The zero-order chi connectivity index (χ0) is 30.1. The number of fused-ring (bicyclic) bond motifs is 15. The van der Waals surface area contributed by atoms with Crippen molar-refractivity contribution < 1.29 is 8.83 Å². The van der Waals surface area contributed by atoms with Crippen LogP contribution in [0.3, 0.4) is 0 Å². The molecule has 6 aromatic carbocycles. The molecule has 3 aliphatic rings. The summed E-state index contributed by atoms with van der Waals surface area (Å²) in [6.07, 6.45) is 0. The minimum atomic E-state index is -0.165. The van der Waals surface area contributed by atoms with Crippen molar-refractivity contribution in [3.05, 3.63) is 126 Å². The summed E-state index contributed by atoms with van der Waals surface area (Å²) in [5.41, 5.74) is 17.4. The summed E-state index contributed by atoms with van der Waals surface area (Å²) in [4.78, 5) is 2.56.